The summed E-state index contributed by atoms with van der Waals surface area (Å²) in [4.78, 5) is 1.53. The topological polar surface area (TPSA) is 20.2 Å². The van der Waals surface area contributed by atoms with Crippen LogP contribution in [0.2, 0.25) is 0 Å². The highest BCUT2D eigenvalue weighted by molar-refractivity contribution is 7.10. The largest absolute Gasteiger partial charge is 0.392 e. The van der Waals surface area contributed by atoms with Crippen LogP contribution in [0.5, 0.6) is 0 Å². The van der Waals surface area contributed by atoms with E-state index in [1.165, 1.54) is 42.5 Å². The van der Waals surface area contributed by atoms with Gasteiger partial charge in [-0.2, -0.15) is 0 Å². The molecule has 1 aromatic rings. The smallest absolute Gasteiger partial charge is 0.0611 e. The molecule has 2 aliphatic rings. The first kappa shape index (κ1) is 9.86. The van der Waals surface area contributed by atoms with Crippen molar-refractivity contribution in [2.75, 3.05) is 0 Å². The van der Waals surface area contributed by atoms with Crippen LogP contribution in [-0.2, 0) is 6.42 Å². The molecule has 82 valence electrons. The van der Waals surface area contributed by atoms with Crippen LogP contribution in [0.25, 0.3) is 0 Å². The molecule has 1 heterocycles. The van der Waals surface area contributed by atoms with E-state index in [1.54, 1.807) is 0 Å². The average Bonchev–Trinajstić information content (AvgIpc) is 2.93. The number of hydrogen-bond donors (Lipinski definition) is 1. The van der Waals surface area contributed by atoms with Gasteiger partial charge in [0.25, 0.3) is 0 Å². The van der Waals surface area contributed by atoms with Crippen molar-refractivity contribution in [3.05, 3.63) is 21.9 Å². The van der Waals surface area contributed by atoms with Crippen molar-refractivity contribution < 1.29 is 5.11 Å². The molecule has 1 aromatic heterocycles. The van der Waals surface area contributed by atoms with E-state index in [1.807, 2.05) is 11.3 Å². The first-order valence-electron chi connectivity index (χ1n) is 6.09. The predicted molar refractivity (Wildman–Crippen MR) is 63.3 cm³/mol. The highest BCUT2D eigenvalue weighted by atomic mass is 32.1. The minimum absolute atomic E-state index is 0.0776. The van der Waals surface area contributed by atoms with Crippen molar-refractivity contribution in [2.24, 2.45) is 5.92 Å². The highest BCUT2D eigenvalue weighted by Gasteiger charge is 2.32. The summed E-state index contributed by atoms with van der Waals surface area (Å²) in [5.74, 6) is 1.28. The normalized spacial score (nSPS) is 27.4. The Labute approximate surface area is 95.1 Å². The zero-order chi connectivity index (χ0) is 10.3. The molecule has 2 atom stereocenters. The Kier molecular flexibility index (Phi) is 2.57. The Hall–Kier alpha value is -0.340. The van der Waals surface area contributed by atoms with E-state index in [2.05, 4.69) is 11.4 Å². The molecule has 0 aliphatic heterocycles. The summed E-state index contributed by atoms with van der Waals surface area (Å²) in [5.41, 5.74) is 1.46. The lowest BCUT2D eigenvalue weighted by atomic mass is 9.82. The van der Waals surface area contributed by atoms with Gasteiger partial charge in [-0.1, -0.05) is 12.8 Å². The van der Waals surface area contributed by atoms with Crippen LogP contribution in [0.1, 0.15) is 48.5 Å². The summed E-state index contributed by atoms with van der Waals surface area (Å²) in [6, 6.07) is 2.24. The van der Waals surface area contributed by atoms with Gasteiger partial charge < -0.3 is 5.11 Å². The molecule has 1 nitrogen and oxygen atoms in total. The van der Waals surface area contributed by atoms with Gasteiger partial charge in [0.2, 0.25) is 0 Å². The molecular weight excluding hydrogens is 204 g/mol. The minimum Gasteiger partial charge on any atom is -0.392 e. The van der Waals surface area contributed by atoms with Crippen molar-refractivity contribution in [1.82, 2.24) is 0 Å². The molecule has 1 saturated carbocycles. The molecule has 0 spiro atoms. The maximum Gasteiger partial charge on any atom is 0.0611 e. The fraction of sp³-hybridized carbons (Fsp3) is 0.692. The Morgan fingerprint density at radius 2 is 2.27 bits per heavy atom. The molecule has 1 N–H and O–H groups in total. The van der Waals surface area contributed by atoms with Gasteiger partial charge in [-0.15, -0.1) is 11.3 Å². The van der Waals surface area contributed by atoms with Gasteiger partial charge in [0.05, 0.1) is 6.10 Å². The van der Waals surface area contributed by atoms with Crippen LogP contribution >= 0.6 is 11.3 Å². The molecule has 2 heteroatoms. The van der Waals surface area contributed by atoms with E-state index in [0.717, 1.165) is 12.3 Å². The first-order chi connectivity index (χ1) is 7.34. The first-order valence-corrected chi connectivity index (χ1v) is 6.97. The second kappa shape index (κ2) is 3.91. The van der Waals surface area contributed by atoms with Crippen LogP contribution in [0, 0.1) is 5.92 Å². The van der Waals surface area contributed by atoms with Crippen molar-refractivity contribution in [3.8, 4) is 0 Å². The minimum atomic E-state index is -0.0776. The molecule has 15 heavy (non-hydrogen) atoms. The van der Waals surface area contributed by atoms with Crippen LogP contribution in [-0.4, -0.2) is 11.2 Å². The lowest BCUT2D eigenvalue weighted by Crippen LogP contribution is -2.22. The molecule has 0 amide bonds. The van der Waals surface area contributed by atoms with Crippen molar-refractivity contribution >= 4 is 11.3 Å². The third-order valence-electron chi connectivity index (χ3n) is 3.83. The van der Waals surface area contributed by atoms with Crippen molar-refractivity contribution in [3.63, 3.8) is 0 Å². The van der Waals surface area contributed by atoms with Gasteiger partial charge in [-0.25, -0.2) is 0 Å². The van der Waals surface area contributed by atoms with E-state index < -0.39 is 0 Å². The molecule has 3 rings (SSSR count). The molecule has 2 unspecified atom stereocenters. The van der Waals surface area contributed by atoms with Crippen LogP contribution in [0.15, 0.2) is 11.4 Å². The third kappa shape index (κ3) is 1.98. The summed E-state index contributed by atoms with van der Waals surface area (Å²) >= 11 is 1.87. The standard InChI is InChI=1S/C13H18OS/c14-12(8-9-4-5-9)10-2-1-3-13-11(10)6-7-15-13/h6-7,9-10,12,14H,1-5,8H2. The van der Waals surface area contributed by atoms with Gasteiger partial charge in [0.15, 0.2) is 0 Å². The summed E-state index contributed by atoms with van der Waals surface area (Å²) < 4.78 is 0. The monoisotopic (exact) mass is 222 g/mol. The van der Waals surface area contributed by atoms with Gasteiger partial charge in [-0.05, 0) is 48.6 Å². The summed E-state index contributed by atoms with van der Waals surface area (Å²) in [6.45, 7) is 0. The zero-order valence-corrected chi connectivity index (χ0v) is 9.80. The number of rotatable bonds is 3. The van der Waals surface area contributed by atoms with E-state index in [4.69, 9.17) is 0 Å². The molecule has 0 aromatic carbocycles. The Morgan fingerprint density at radius 1 is 1.40 bits per heavy atom. The van der Waals surface area contributed by atoms with Crippen molar-refractivity contribution in [1.29, 1.82) is 0 Å². The lowest BCUT2D eigenvalue weighted by Gasteiger charge is -2.27. The van der Waals surface area contributed by atoms with E-state index in [-0.39, 0.29) is 6.10 Å². The van der Waals surface area contributed by atoms with E-state index >= 15 is 0 Å². The average molecular weight is 222 g/mol. The molecule has 1 fully saturated rings. The molecule has 0 saturated heterocycles. The third-order valence-corrected chi connectivity index (χ3v) is 4.83. The maximum atomic E-state index is 10.3. The molecule has 0 radical (unpaired) electrons. The molecule has 2 aliphatic carbocycles. The maximum absolute atomic E-state index is 10.3. The van der Waals surface area contributed by atoms with Crippen LogP contribution < -0.4 is 0 Å². The van der Waals surface area contributed by atoms with Crippen LogP contribution in [0.4, 0.5) is 0 Å². The van der Waals surface area contributed by atoms with E-state index in [9.17, 15) is 5.11 Å². The fourth-order valence-corrected chi connectivity index (χ4v) is 3.78. The number of hydrogen-bond acceptors (Lipinski definition) is 2. The quantitative estimate of drug-likeness (QED) is 0.831. The lowest BCUT2D eigenvalue weighted by molar-refractivity contribution is 0.119. The predicted octanol–water partition coefficient (Wildman–Crippen LogP) is 3.33. The highest BCUT2D eigenvalue weighted by Crippen LogP contribution is 2.42. The zero-order valence-electron chi connectivity index (χ0n) is 8.98. The van der Waals surface area contributed by atoms with Gasteiger partial charge in [-0.3, -0.25) is 0 Å². The van der Waals surface area contributed by atoms with Gasteiger partial charge in [0, 0.05) is 10.8 Å². The van der Waals surface area contributed by atoms with E-state index in [0.29, 0.717) is 5.92 Å². The number of thiophene rings is 1. The van der Waals surface area contributed by atoms with Gasteiger partial charge in [0.1, 0.15) is 0 Å². The summed E-state index contributed by atoms with van der Waals surface area (Å²) in [6.07, 6.45) is 7.35. The Bertz CT molecular complexity index is 340. The summed E-state index contributed by atoms with van der Waals surface area (Å²) in [7, 11) is 0. The van der Waals surface area contributed by atoms with Gasteiger partial charge >= 0.3 is 0 Å². The number of aliphatic hydroxyl groups is 1. The SMILES string of the molecule is OC(CC1CC1)C1CCCc2sccc21. The van der Waals surface area contributed by atoms with Crippen molar-refractivity contribution in [2.45, 2.75) is 50.5 Å². The fourth-order valence-electron chi connectivity index (χ4n) is 2.78. The molecule has 0 bridgehead atoms. The number of aryl methyl sites for hydroxylation is 1. The summed E-state index contributed by atoms with van der Waals surface area (Å²) in [5, 5.41) is 12.4. The second-order valence-electron chi connectivity index (χ2n) is 5.04. The second-order valence-corrected chi connectivity index (χ2v) is 6.04. The van der Waals surface area contributed by atoms with Crippen LogP contribution in [0.3, 0.4) is 0 Å². The Morgan fingerprint density at radius 3 is 3.07 bits per heavy atom. The molecular formula is C13H18OS. The number of fused-ring (bicyclic) bond motifs is 1. The Balaban J connectivity index is 1.76. The number of aliphatic hydroxyl groups excluding tert-OH is 1.